The van der Waals surface area contributed by atoms with Gasteiger partial charge in [-0.15, -0.1) is 0 Å². The van der Waals surface area contributed by atoms with Gasteiger partial charge in [0.15, 0.2) is 0 Å². The van der Waals surface area contributed by atoms with Crippen molar-refractivity contribution in [1.82, 2.24) is 0 Å². The van der Waals surface area contributed by atoms with Crippen molar-refractivity contribution in [2.45, 2.75) is 13.3 Å². The largest absolute Gasteiger partial charge is 0.507 e. The molecule has 1 aromatic rings. The molecule has 0 heterocycles. The average molecular weight is 205 g/mol. The summed E-state index contributed by atoms with van der Waals surface area (Å²) in [4.78, 5) is 10.6. The minimum absolute atomic E-state index is 0.0794. The van der Waals surface area contributed by atoms with Crippen molar-refractivity contribution in [3.8, 4) is 11.8 Å². The summed E-state index contributed by atoms with van der Waals surface area (Å²) in [7, 11) is 0. The number of rotatable bonds is 3. The predicted molar refractivity (Wildman–Crippen MR) is 53.3 cm³/mol. The highest BCUT2D eigenvalue weighted by Gasteiger charge is 2.12. The van der Waals surface area contributed by atoms with E-state index in [0.717, 1.165) is 5.56 Å². The molecule has 0 aromatic heterocycles. The first-order chi connectivity index (χ1) is 7.04. The number of benzene rings is 1. The number of carboxylic acids is 1. The quantitative estimate of drug-likeness (QED) is 0.783. The van der Waals surface area contributed by atoms with Crippen LogP contribution >= 0.6 is 0 Å². The third-order valence-corrected chi connectivity index (χ3v) is 2.14. The maximum Gasteiger partial charge on any atom is 0.306 e. The molecular weight excluding hydrogens is 194 g/mol. The number of aliphatic carboxylic acids is 1. The smallest absolute Gasteiger partial charge is 0.306 e. The Hall–Kier alpha value is -2.02. The maximum atomic E-state index is 10.6. The number of nitriles is 1. The third kappa shape index (κ3) is 2.71. The van der Waals surface area contributed by atoms with E-state index in [4.69, 9.17) is 10.4 Å². The zero-order chi connectivity index (χ0) is 11.4. The fourth-order valence-corrected chi connectivity index (χ4v) is 1.24. The number of hydrogen-bond donors (Lipinski definition) is 2. The van der Waals surface area contributed by atoms with Crippen LogP contribution in [0.4, 0.5) is 0 Å². The average Bonchev–Trinajstić information content (AvgIpc) is 2.20. The Labute approximate surface area is 87.4 Å². The van der Waals surface area contributed by atoms with Gasteiger partial charge in [0.05, 0.1) is 11.5 Å². The van der Waals surface area contributed by atoms with Crippen molar-refractivity contribution in [3.05, 3.63) is 29.3 Å². The zero-order valence-corrected chi connectivity index (χ0v) is 8.27. The number of carbonyl (C=O) groups is 1. The van der Waals surface area contributed by atoms with Gasteiger partial charge in [0.25, 0.3) is 0 Å². The number of hydrogen-bond acceptors (Lipinski definition) is 3. The van der Waals surface area contributed by atoms with Crippen molar-refractivity contribution >= 4 is 5.97 Å². The van der Waals surface area contributed by atoms with Gasteiger partial charge in [-0.05, 0) is 24.1 Å². The Balaban J connectivity index is 2.89. The SMILES string of the molecule is CC(Cc1ccc(O)c(C#N)c1)C(=O)O. The Morgan fingerprint density at radius 3 is 2.80 bits per heavy atom. The maximum absolute atomic E-state index is 10.6. The Morgan fingerprint density at radius 2 is 2.27 bits per heavy atom. The van der Waals surface area contributed by atoms with Crippen LogP contribution in [-0.2, 0) is 11.2 Å². The van der Waals surface area contributed by atoms with Crippen LogP contribution in [0.15, 0.2) is 18.2 Å². The van der Waals surface area contributed by atoms with E-state index in [1.54, 1.807) is 13.0 Å². The second kappa shape index (κ2) is 4.47. The van der Waals surface area contributed by atoms with Gasteiger partial charge < -0.3 is 10.2 Å². The summed E-state index contributed by atoms with van der Waals surface area (Å²) in [6.07, 6.45) is 0.351. The van der Waals surface area contributed by atoms with Gasteiger partial charge in [0, 0.05) is 0 Å². The van der Waals surface area contributed by atoms with E-state index in [0.29, 0.717) is 6.42 Å². The van der Waals surface area contributed by atoms with E-state index in [1.165, 1.54) is 12.1 Å². The van der Waals surface area contributed by atoms with Crippen LogP contribution in [0, 0.1) is 17.2 Å². The summed E-state index contributed by atoms with van der Waals surface area (Å²) < 4.78 is 0. The minimum atomic E-state index is -0.874. The molecule has 0 fully saturated rings. The fourth-order valence-electron chi connectivity index (χ4n) is 1.24. The van der Waals surface area contributed by atoms with Crippen LogP contribution in [0.25, 0.3) is 0 Å². The first kappa shape index (κ1) is 11.1. The Bertz CT molecular complexity index is 420. The second-order valence-corrected chi connectivity index (χ2v) is 3.41. The lowest BCUT2D eigenvalue weighted by Gasteiger charge is -2.06. The van der Waals surface area contributed by atoms with Crippen LogP contribution < -0.4 is 0 Å². The molecule has 0 saturated carbocycles. The fraction of sp³-hybridized carbons (Fsp3) is 0.273. The molecule has 78 valence electrons. The number of phenolic OH excluding ortho intramolecular Hbond substituents is 1. The van der Waals surface area contributed by atoms with E-state index in [9.17, 15) is 9.90 Å². The van der Waals surface area contributed by atoms with Gasteiger partial charge in [-0.3, -0.25) is 4.79 Å². The monoisotopic (exact) mass is 205 g/mol. The number of carboxylic acid groups (broad SMARTS) is 1. The molecule has 4 nitrogen and oxygen atoms in total. The summed E-state index contributed by atoms with van der Waals surface area (Å²) in [5.41, 5.74) is 0.907. The normalized spacial score (nSPS) is 11.7. The van der Waals surface area contributed by atoms with E-state index < -0.39 is 11.9 Å². The number of nitrogens with zero attached hydrogens (tertiary/aromatic N) is 1. The molecule has 0 aliphatic rings. The molecule has 0 aliphatic heterocycles. The van der Waals surface area contributed by atoms with E-state index in [1.807, 2.05) is 6.07 Å². The van der Waals surface area contributed by atoms with Gasteiger partial charge >= 0.3 is 5.97 Å². The van der Waals surface area contributed by atoms with Crippen LogP contribution in [-0.4, -0.2) is 16.2 Å². The second-order valence-electron chi connectivity index (χ2n) is 3.41. The van der Waals surface area contributed by atoms with Crippen molar-refractivity contribution in [2.75, 3.05) is 0 Å². The first-order valence-electron chi connectivity index (χ1n) is 4.49. The lowest BCUT2D eigenvalue weighted by molar-refractivity contribution is -0.141. The van der Waals surface area contributed by atoms with Crippen LogP contribution in [0.2, 0.25) is 0 Å². The standard InChI is InChI=1S/C11H11NO3/c1-7(11(14)15)4-8-2-3-10(13)9(5-8)6-12/h2-3,5,7,13H,4H2,1H3,(H,14,15). The van der Waals surface area contributed by atoms with Crippen LogP contribution in [0.5, 0.6) is 5.75 Å². The molecule has 1 atom stereocenters. The minimum Gasteiger partial charge on any atom is -0.507 e. The first-order valence-corrected chi connectivity index (χ1v) is 4.49. The van der Waals surface area contributed by atoms with Crippen molar-refractivity contribution in [1.29, 1.82) is 5.26 Å². The van der Waals surface area contributed by atoms with Gasteiger partial charge in [-0.1, -0.05) is 13.0 Å². The molecule has 0 spiro atoms. The molecule has 0 bridgehead atoms. The van der Waals surface area contributed by atoms with Crippen LogP contribution in [0.1, 0.15) is 18.1 Å². The third-order valence-electron chi connectivity index (χ3n) is 2.14. The highest BCUT2D eigenvalue weighted by molar-refractivity contribution is 5.70. The summed E-state index contributed by atoms with van der Waals surface area (Å²) in [6, 6.07) is 6.38. The summed E-state index contributed by atoms with van der Waals surface area (Å²) >= 11 is 0. The lowest BCUT2D eigenvalue weighted by Crippen LogP contribution is -2.12. The Morgan fingerprint density at radius 1 is 1.60 bits per heavy atom. The van der Waals surface area contributed by atoms with Crippen molar-refractivity contribution in [2.24, 2.45) is 5.92 Å². The lowest BCUT2D eigenvalue weighted by atomic mass is 9.99. The molecule has 1 rings (SSSR count). The molecule has 1 aromatic carbocycles. The van der Waals surface area contributed by atoms with E-state index in [-0.39, 0.29) is 11.3 Å². The molecule has 0 aliphatic carbocycles. The molecule has 4 heteroatoms. The van der Waals surface area contributed by atoms with Gasteiger partial charge in [-0.25, -0.2) is 0 Å². The van der Waals surface area contributed by atoms with E-state index in [2.05, 4.69) is 0 Å². The van der Waals surface area contributed by atoms with Gasteiger partial charge in [0.1, 0.15) is 11.8 Å². The molecular formula is C11H11NO3. The molecule has 1 unspecified atom stereocenters. The topological polar surface area (TPSA) is 81.3 Å². The molecule has 0 saturated heterocycles. The zero-order valence-electron chi connectivity index (χ0n) is 8.27. The summed E-state index contributed by atoms with van der Waals surface area (Å²) in [5, 5.41) is 26.6. The number of phenols is 1. The van der Waals surface area contributed by atoms with E-state index >= 15 is 0 Å². The molecule has 2 N–H and O–H groups in total. The number of aromatic hydroxyl groups is 1. The van der Waals surface area contributed by atoms with Gasteiger partial charge in [-0.2, -0.15) is 5.26 Å². The van der Waals surface area contributed by atoms with Gasteiger partial charge in [0.2, 0.25) is 0 Å². The Kier molecular flexibility index (Phi) is 3.29. The highest BCUT2D eigenvalue weighted by Crippen LogP contribution is 2.19. The summed E-state index contributed by atoms with van der Waals surface area (Å²) in [6.45, 7) is 1.60. The predicted octanol–water partition coefficient (Wildman–Crippen LogP) is 1.53. The molecule has 0 radical (unpaired) electrons. The molecule has 0 amide bonds. The summed E-state index contributed by atoms with van der Waals surface area (Å²) in [5.74, 6) is -1.45. The molecule has 15 heavy (non-hydrogen) atoms. The highest BCUT2D eigenvalue weighted by atomic mass is 16.4. The van der Waals surface area contributed by atoms with Crippen LogP contribution in [0.3, 0.4) is 0 Å². The van der Waals surface area contributed by atoms with Crippen molar-refractivity contribution < 1.29 is 15.0 Å². The van der Waals surface area contributed by atoms with Crippen molar-refractivity contribution in [3.63, 3.8) is 0 Å².